The van der Waals surface area contributed by atoms with E-state index in [4.69, 9.17) is 17.2 Å². The Kier molecular flexibility index (Phi) is 18.5. The molecule has 0 saturated heterocycles. The molecule has 1 aliphatic heterocycles. The Bertz CT molecular complexity index is 2720. The minimum atomic E-state index is -1.29. The van der Waals surface area contributed by atoms with Crippen molar-refractivity contribution >= 4 is 69.2 Å². The zero-order valence-electron chi connectivity index (χ0n) is 39.4. The highest BCUT2D eigenvalue weighted by Gasteiger charge is 2.33. The third-order valence-electron chi connectivity index (χ3n) is 12.1. The van der Waals surface area contributed by atoms with E-state index in [1.165, 1.54) is 13.8 Å². The lowest BCUT2D eigenvalue weighted by atomic mass is 10.00. The normalized spacial score (nSPS) is 15.1. The molecule has 0 fully saturated rings. The standard InChI is InChI=1S/C52H63N11O7/c1-31(54)47(65)60-45(29-38-17-12-24-56-38)52(70)63-43(27-34-21-22-35-15-6-7-16-36(35)25-34)49(67)58-32(2)48(66)61-44(28-37-30-57-40-19-9-8-18-39(37)40)51(69)62-42(26-33-13-4-3-5-14-33)50(68)59-41(46(55)64)20-10-11-23-53/h3-9,13-19,21-22,24-25,30-32,41-45,57H,10-12,20,23,26-29,53-54H2,1-2H3,(H2,55,64)(H,58,67)(H,59,68)(H,60,65)(H,61,66)(H,62,69)(H,63,70)/t31-,32-,41-,42+,43+,44-,45-/m0/s1. The predicted molar refractivity (Wildman–Crippen MR) is 269 cm³/mol. The molecule has 7 amide bonds. The Morgan fingerprint density at radius 3 is 1.83 bits per heavy atom. The number of hydrogen-bond donors (Lipinski definition) is 10. The smallest absolute Gasteiger partial charge is 0.243 e. The highest BCUT2D eigenvalue weighted by Crippen LogP contribution is 2.21. The number of rotatable bonds is 25. The second-order valence-electron chi connectivity index (χ2n) is 17.6. The summed E-state index contributed by atoms with van der Waals surface area (Å²) in [6.07, 6.45) is 7.26. The number of nitrogens with one attached hydrogen (secondary N) is 7. The second kappa shape index (κ2) is 25.1. The van der Waals surface area contributed by atoms with Crippen molar-refractivity contribution in [1.29, 1.82) is 0 Å². The lowest BCUT2D eigenvalue weighted by Gasteiger charge is -2.27. The van der Waals surface area contributed by atoms with E-state index in [1.807, 2.05) is 78.9 Å². The maximum absolute atomic E-state index is 14.5. The molecule has 13 N–H and O–H groups in total. The number of amides is 7. The highest BCUT2D eigenvalue weighted by atomic mass is 16.2. The molecule has 1 aliphatic rings. The SMILES string of the molecule is C[C@H](N)C(=O)N[C@@H](CC1=CCC=N1)C(=O)N[C@H](Cc1ccc2ccccc2c1)C(=O)N[C@@H](C)C(=O)N[C@@H](Cc1c[nH]c2ccccc12)C(=O)N[C@H](Cc1ccccc1)C(=O)N[C@@H](CCCCN)C(N)=O. The van der Waals surface area contributed by atoms with Crippen molar-refractivity contribution in [3.63, 3.8) is 0 Å². The summed E-state index contributed by atoms with van der Waals surface area (Å²) in [5, 5.41) is 19.2. The number of H-pyrrole nitrogens is 1. The van der Waals surface area contributed by atoms with E-state index < -0.39 is 83.6 Å². The average molecular weight is 954 g/mol. The van der Waals surface area contributed by atoms with Crippen LogP contribution in [0.5, 0.6) is 0 Å². The fourth-order valence-electron chi connectivity index (χ4n) is 8.14. The molecule has 0 saturated carbocycles. The maximum atomic E-state index is 14.5. The summed E-state index contributed by atoms with van der Waals surface area (Å²) in [4.78, 5) is 104. The second-order valence-corrected chi connectivity index (χ2v) is 17.6. The molecular weight excluding hydrogens is 891 g/mol. The van der Waals surface area contributed by atoms with Gasteiger partial charge in [0.05, 0.1) is 6.04 Å². The number of hydrogen-bond acceptors (Lipinski definition) is 10. The molecule has 4 aromatic carbocycles. The van der Waals surface area contributed by atoms with Crippen LogP contribution in [-0.4, -0.2) is 101 Å². The Morgan fingerprint density at radius 2 is 1.17 bits per heavy atom. The van der Waals surface area contributed by atoms with Crippen LogP contribution in [0.25, 0.3) is 21.7 Å². The van der Waals surface area contributed by atoms with Crippen LogP contribution in [0.2, 0.25) is 0 Å². The van der Waals surface area contributed by atoms with Crippen LogP contribution in [0.4, 0.5) is 0 Å². The van der Waals surface area contributed by atoms with Crippen LogP contribution < -0.4 is 49.1 Å². The summed E-state index contributed by atoms with van der Waals surface area (Å²) in [7, 11) is 0. The summed E-state index contributed by atoms with van der Waals surface area (Å²) in [6, 6.07) is 21.7. The zero-order chi connectivity index (χ0) is 50.2. The molecule has 0 radical (unpaired) electrons. The van der Waals surface area contributed by atoms with Gasteiger partial charge in [0.2, 0.25) is 41.4 Å². The molecule has 2 heterocycles. The van der Waals surface area contributed by atoms with Gasteiger partial charge in [0, 0.05) is 61.1 Å². The monoisotopic (exact) mass is 953 g/mol. The Hall–Kier alpha value is -7.70. The summed E-state index contributed by atoms with van der Waals surface area (Å²) >= 11 is 0. The third kappa shape index (κ3) is 14.7. The van der Waals surface area contributed by atoms with E-state index in [2.05, 4.69) is 41.9 Å². The number of carbonyl (C=O) groups excluding carboxylic acids is 7. The molecule has 368 valence electrons. The lowest BCUT2D eigenvalue weighted by Crippen LogP contribution is -2.60. The van der Waals surface area contributed by atoms with Crippen molar-refractivity contribution in [1.82, 2.24) is 36.9 Å². The van der Waals surface area contributed by atoms with Crippen LogP contribution in [0.3, 0.4) is 0 Å². The largest absolute Gasteiger partial charge is 0.368 e. The van der Waals surface area contributed by atoms with Crippen molar-refractivity contribution in [3.05, 3.63) is 132 Å². The fourth-order valence-corrected chi connectivity index (χ4v) is 8.14. The first-order chi connectivity index (χ1) is 33.7. The Balaban J connectivity index is 1.25. The van der Waals surface area contributed by atoms with Gasteiger partial charge in [-0.2, -0.15) is 0 Å². The van der Waals surface area contributed by atoms with Gasteiger partial charge in [-0.15, -0.1) is 0 Å². The first-order valence-corrected chi connectivity index (χ1v) is 23.5. The molecule has 6 rings (SSSR count). The number of benzene rings is 4. The number of unbranched alkanes of at least 4 members (excludes halogenated alkanes) is 1. The molecule has 18 heteroatoms. The summed E-state index contributed by atoms with van der Waals surface area (Å²) in [5.41, 5.74) is 20.7. The van der Waals surface area contributed by atoms with Gasteiger partial charge in [-0.1, -0.05) is 97.1 Å². The van der Waals surface area contributed by atoms with Gasteiger partial charge in [-0.05, 0) is 73.2 Å². The number of aromatic nitrogens is 1. The lowest BCUT2D eigenvalue weighted by molar-refractivity contribution is -0.135. The van der Waals surface area contributed by atoms with E-state index in [9.17, 15) is 33.6 Å². The average Bonchev–Trinajstić information content (AvgIpc) is 4.03. The first kappa shape index (κ1) is 51.7. The maximum Gasteiger partial charge on any atom is 0.243 e. The van der Waals surface area contributed by atoms with Crippen molar-refractivity contribution in [3.8, 4) is 0 Å². The molecule has 0 spiro atoms. The van der Waals surface area contributed by atoms with Crippen LogP contribution in [-0.2, 0) is 52.8 Å². The Morgan fingerprint density at radius 1 is 0.600 bits per heavy atom. The third-order valence-corrected chi connectivity index (χ3v) is 12.1. The molecule has 0 bridgehead atoms. The topological polar surface area (TPSA) is 298 Å². The minimum absolute atomic E-state index is 0.00560. The van der Waals surface area contributed by atoms with Crippen molar-refractivity contribution in [2.24, 2.45) is 22.2 Å². The van der Waals surface area contributed by atoms with Crippen molar-refractivity contribution < 1.29 is 33.6 Å². The van der Waals surface area contributed by atoms with Gasteiger partial charge in [0.1, 0.15) is 36.3 Å². The van der Waals surface area contributed by atoms with Crippen molar-refractivity contribution in [2.45, 2.75) is 108 Å². The van der Waals surface area contributed by atoms with Crippen LogP contribution in [0.15, 0.2) is 120 Å². The highest BCUT2D eigenvalue weighted by molar-refractivity contribution is 5.98. The molecule has 0 aliphatic carbocycles. The number of aromatic amines is 1. The van der Waals surface area contributed by atoms with E-state index in [1.54, 1.807) is 36.7 Å². The summed E-state index contributed by atoms with van der Waals surface area (Å²) in [6.45, 7) is 3.33. The number of nitrogens with two attached hydrogens (primary N) is 3. The molecule has 7 atom stereocenters. The van der Waals surface area contributed by atoms with Gasteiger partial charge in [-0.25, -0.2) is 0 Å². The quantitative estimate of drug-likeness (QED) is 0.0382. The van der Waals surface area contributed by atoms with Gasteiger partial charge >= 0.3 is 0 Å². The van der Waals surface area contributed by atoms with E-state index in [0.717, 1.165) is 21.7 Å². The first-order valence-electron chi connectivity index (χ1n) is 23.5. The van der Waals surface area contributed by atoms with Crippen LogP contribution in [0.1, 0.15) is 62.6 Å². The number of aliphatic imine (C=N–C) groups is 1. The van der Waals surface area contributed by atoms with Crippen LogP contribution in [0, 0.1) is 0 Å². The molecule has 70 heavy (non-hydrogen) atoms. The summed E-state index contributed by atoms with van der Waals surface area (Å²) < 4.78 is 0. The summed E-state index contributed by atoms with van der Waals surface area (Å²) in [5.74, 6) is -4.80. The van der Waals surface area contributed by atoms with Gasteiger partial charge in [0.25, 0.3) is 0 Å². The fraction of sp³-hybridized carbons (Fsp3) is 0.346. The number of primary amides is 1. The molecule has 5 aromatic rings. The van der Waals surface area contributed by atoms with Crippen molar-refractivity contribution in [2.75, 3.05) is 6.54 Å². The number of fused-ring (bicyclic) bond motifs is 2. The predicted octanol–water partition coefficient (Wildman–Crippen LogP) is 1.99. The minimum Gasteiger partial charge on any atom is -0.368 e. The number of nitrogens with zero attached hydrogens (tertiary/aromatic N) is 1. The van der Waals surface area contributed by atoms with E-state index in [0.29, 0.717) is 48.2 Å². The van der Waals surface area contributed by atoms with E-state index >= 15 is 0 Å². The number of carbonyl (C=O) groups is 7. The van der Waals surface area contributed by atoms with E-state index in [-0.39, 0.29) is 32.1 Å². The molecular formula is C52H63N11O7. The molecule has 0 unspecified atom stereocenters. The molecule has 1 aromatic heterocycles. The Labute approximate surface area is 406 Å². The number of para-hydroxylation sites is 1. The van der Waals surface area contributed by atoms with Crippen LogP contribution >= 0.6 is 0 Å². The van der Waals surface area contributed by atoms with Gasteiger partial charge < -0.3 is 54.1 Å². The van der Waals surface area contributed by atoms with Gasteiger partial charge in [0.15, 0.2) is 0 Å². The molecule has 18 nitrogen and oxygen atoms in total. The van der Waals surface area contributed by atoms with Gasteiger partial charge in [-0.3, -0.25) is 38.6 Å². The zero-order valence-corrected chi connectivity index (χ0v) is 39.4. The number of allylic oxidation sites excluding steroid dienone is 1.